The molecule has 132 valence electrons. The maximum absolute atomic E-state index is 12.7. The van der Waals surface area contributed by atoms with E-state index in [0.29, 0.717) is 18.5 Å². The Labute approximate surface area is 147 Å². The Morgan fingerprint density at radius 3 is 2.88 bits per heavy atom. The lowest BCUT2D eigenvalue weighted by atomic mass is 9.75. The van der Waals surface area contributed by atoms with Crippen LogP contribution in [-0.2, 0) is 17.9 Å². The Balaban J connectivity index is 1.38. The lowest BCUT2D eigenvalue weighted by molar-refractivity contribution is -0.945. The summed E-state index contributed by atoms with van der Waals surface area (Å²) in [7, 11) is 0. The van der Waals surface area contributed by atoms with Crippen LogP contribution in [0.4, 0.5) is 5.69 Å². The third-order valence-corrected chi connectivity index (χ3v) is 5.68. The Morgan fingerprint density at radius 1 is 1.36 bits per heavy atom. The minimum Gasteiger partial charge on any atom is -0.352 e. The predicted octanol–water partition coefficient (Wildman–Crippen LogP) is -1.05. The van der Waals surface area contributed by atoms with Crippen LogP contribution in [0.25, 0.3) is 0 Å². The number of carbonyl (C=O) groups is 1. The molecule has 1 aromatic heterocycles. The third-order valence-electron chi connectivity index (χ3n) is 5.68. The van der Waals surface area contributed by atoms with Crippen molar-refractivity contribution in [3.05, 3.63) is 42.2 Å². The van der Waals surface area contributed by atoms with E-state index in [9.17, 15) is 4.79 Å². The molecule has 2 aromatic rings. The van der Waals surface area contributed by atoms with Crippen molar-refractivity contribution in [3.8, 4) is 0 Å². The highest BCUT2D eigenvalue weighted by molar-refractivity contribution is 5.92. The third kappa shape index (κ3) is 3.43. The first-order valence-corrected chi connectivity index (χ1v) is 9.11. The molecule has 3 saturated heterocycles. The fourth-order valence-electron chi connectivity index (χ4n) is 4.34. The van der Waals surface area contributed by atoms with Crippen LogP contribution in [0.2, 0.25) is 0 Å². The summed E-state index contributed by atoms with van der Waals surface area (Å²) >= 11 is 0. The van der Waals surface area contributed by atoms with Gasteiger partial charge >= 0.3 is 0 Å². The van der Waals surface area contributed by atoms with Crippen LogP contribution in [-0.4, -0.2) is 40.0 Å². The first-order valence-electron chi connectivity index (χ1n) is 9.11. The molecular formula is C18H26N6O+2. The molecule has 5 rings (SSSR count). The Bertz CT molecular complexity index is 730. The average Bonchev–Trinajstić information content (AvgIpc) is 3.10. The molecule has 3 aliphatic rings. The van der Waals surface area contributed by atoms with E-state index in [-0.39, 0.29) is 11.8 Å². The molecular weight excluding hydrogens is 316 g/mol. The van der Waals surface area contributed by atoms with Crippen LogP contribution in [0, 0.1) is 11.8 Å². The van der Waals surface area contributed by atoms with Crippen molar-refractivity contribution >= 4 is 11.6 Å². The molecule has 0 saturated carbocycles. The maximum Gasteiger partial charge on any atom is 0.233 e. The maximum atomic E-state index is 12.7. The first kappa shape index (κ1) is 16.2. The topological polar surface area (TPSA) is 91.9 Å². The van der Waals surface area contributed by atoms with Crippen molar-refractivity contribution in [1.82, 2.24) is 15.0 Å². The van der Waals surface area contributed by atoms with Gasteiger partial charge in [0.1, 0.15) is 18.3 Å². The number of nitrogens with one attached hydrogen (secondary N) is 2. The van der Waals surface area contributed by atoms with Gasteiger partial charge in [-0.3, -0.25) is 4.79 Å². The largest absolute Gasteiger partial charge is 0.352 e. The van der Waals surface area contributed by atoms with E-state index in [1.54, 1.807) is 0 Å². The summed E-state index contributed by atoms with van der Waals surface area (Å²) in [4.78, 5) is 14.2. The van der Waals surface area contributed by atoms with Crippen LogP contribution in [0.3, 0.4) is 0 Å². The molecule has 2 bridgehead atoms. The van der Waals surface area contributed by atoms with Gasteiger partial charge in [0.05, 0.1) is 31.7 Å². The molecule has 7 heteroatoms. The summed E-state index contributed by atoms with van der Waals surface area (Å²) in [5.41, 5.74) is 5.68. The smallest absolute Gasteiger partial charge is 0.233 e. The summed E-state index contributed by atoms with van der Waals surface area (Å²) in [6.45, 7) is 3.63. The van der Waals surface area contributed by atoms with E-state index in [2.05, 4.69) is 21.4 Å². The number of carbonyl (C=O) groups excluding carboxylic acids is 1. The highest BCUT2D eigenvalue weighted by Crippen LogP contribution is 2.28. The molecule has 3 aliphatic heterocycles. The molecule has 0 radical (unpaired) electrons. The van der Waals surface area contributed by atoms with Crippen LogP contribution < -0.4 is 16.0 Å². The number of hydrogen-bond donors (Lipinski definition) is 3. The van der Waals surface area contributed by atoms with Gasteiger partial charge in [-0.05, 0) is 18.1 Å². The monoisotopic (exact) mass is 342 g/mol. The summed E-state index contributed by atoms with van der Waals surface area (Å²) in [6, 6.07) is 10.3. The number of aromatic nitrogens is 3. The summed E-state index contributed by atoms with van der Waals surface area (Å²) in [5.74, 6) is 0.764. The molecule has 25 heavy (non-hydrogen) atoms. The second-order valence-corrected chi connectivity index (χ2v) is 7.24. The average molecular weight is 342 g/mol. The number of piperidine rings is 3. The van der Waals surface area contributed by atoms with Gasteiger partial charge < -0.3 is 16.0 Å². The van der Waals surface area contributed by atoms with E-state index < -0.39 is 0 Å². The van der Waals surface area contributed by atoms with Gasteiger partial charge in [-0.1, -0.05) is 23.4 Å². The molecule has 0 spiro atoms. The fourth-order valence-corrected chi connectivity index (χ4v) is 4.34. The molecule has 7 nitrogen and oxygen atoms in total. The number of rotatable bonds is 5. The zero-order chi connectivity index (χ0) is 17.2. The second-order valence-electron chi connectivity index (χ2n) is 7.24. The van der Waals surface area contributed by atoms with Gasteiger partial charge in [0.25, 0.3) is 0 Å². The predicted molar refractivity (Wildman–Crippen MR) is 92.4 cm³/mol. The number of hydrogen-bond acceptors (Lipinski definition) is 3. The molecule has 4 atom stereocenters. The number of quaternary nitrogens is 2. The lowest BCUT2D eigenvalue weighted by Gasteiger charge is -2.46. The van der Waals surface area contributed by atoms with E-state index in [0.717, 1.165) is 43.9 Å². The number of amides is 1. The van der Waals surface area contributed by atoms with Gasteiger partial charge in [-0.25, -0.2) is 4.68 Å². The number of anilines is 1. The Kier molecular flexibility index (Phi) is 4.50. The van der Waals surface area contributed by atoms with Crippen molar-refractivity contribution in [3.63, 3.8) is 0 Å². The quantitative estimate of drug-likeness (QED) is 0.648. The van der Waals surface area contributed by atoms with Gasteiger partial charge in [-0.15, -0.1) is 5.10 Å². The minimum atomic E-state index is 0.117. The molecule has 0 aliphatic carbocycles. The molecule has 5 N–H and O–H groups in total. The van der Waals surface area contributed by atoms with E-state index in [1.165, 1.54) is 4.90 Å². The van der Waals surface area contributed by atoms with Gasteiger partial charge in [0.15, 0.2) is 0 Å². The van der Waals surface area contributed by atoms with Crippen LogP contribution in [0.1, 0.15) is 18.5 Å². The molecule has 1 amide bonds. The fraction of sp³-hybridized carbons (Fsp3) is 0.500. The lowest BCUT2D eigenvalue weighted by Crippen LogP contribution is -3.20. The highest BCUT2D eigenvalue weighted by Gasteiger charge is 2.46. The Morgan fingerprint density at radius 2 is 2.20 bits per heavy atom. The molecule has 1 aromatic carbocycles. The Hall–Kier alpha value is -2.25. The zero-order valence-corrected chi connectivity index (χ0v) is 14.4. The SMILES string of the molecule is [NH3+]Cc1cn(C[C@H]2C[C@H]3CC[NH+]2C[C@@H]3C(=O)Nc2ccccc2)nn1. The number of para-hydroxylation sites is 1. The zero-order valence-electron chi connectivity index (χ0n) is 14.4. The van der Waals surface area contributed by atoms with Crippen LogP contribution in [0.15, 0.2) is 36.5 Å². The minimum absolute atomic E-state index is 0.117. The van der Waals surface area contributed by atoms with Crippen molar-refractivity contribution < 1.29 is 15.4 Å². The van der Waals surface area contributed by atoms with Crippen LogP contribution >= 0.6 is 0 Å². The molecule has 4 heterocycles. The first-order chi connectivity index (χ1) is 12.2. The number of nitrogens with zero attached hydrogens (tertiary/aromatic N) is 3. The summed E-state index contributed by atoms with van der Waals surface area (Å²) < 4.78 is 1.94. The van der Waals surface area contributed by atoms with E-state index in [1.807, 2.05) is 41.2 Å². The van der Waals surface area contributed by atoms with Crippen molar-refractivity contribution in [2.75, 3.05) is 18.4 Å². The van der Waals surface area contributed by atoms with Gasteiger partial charge in [-0.2, -0.15) is 0 Å². The summed E-state index contributed by atoms with van der Waals surface area (Å²) in [5, 5.41) is 11.4. The van der Waals surface area contributed by atoms with Gasteiger partial charge in [0.2, 0.25) is 5.91 Å². The highest BCUT2D eigenvalue weighted by atomic mass is 16.2. The number of benzene rings is 1. The normalized spacial score (nSPS) is 28.0. The second kappa shape index (κ2) is 6.93. The molecule has 1 unspecified atom stereocenters. The van der Waals surface area contributed by atoms with Crippen LogP contribution in [0.5, 0.6) is 0 Å². The van der Waals surface area contributed by atoms with Crippen molar-refractivity contribution in [2.24, 2.45) is 11.8 Å². The summed E-state index contributed by atoms with van der Waals surface area (Å²) in [6.07, 6.45) is 4.22. The van der Waals surface area contributed by atoms with Crippen molar-refractivity contribution in [1.29, 1.82) is 0 Å². The standard InChI is InChI=1S/C18H24N6O/c19-9-15-10-24(22-21-15)11-16-8-13-6-7-23(16)12-17(13)18(25)20-14-4-2-1-3-5-14/h1-5,10,13,16-17H,6-9,11-12,19H2,(H,20,25)/p+2/t13-,16-,17+/m1/s1. The van der Waals surface area contributed by atoms with Crippen molar-refractivity contribution in [2.45, 2.75) is 32.0 Å². The van der Waals surface area contributed by atoms with E-state index >= 15 is 0 Å². The van der Waals surface area contributed by atoms with Gasteiger partial charge in [0, 0.05) is 18.5 Å². The number of fused-ring (bicyclic) bond motifs is 3. The molecule has 3 fully saturated rings. The van der Waals surface area contributed by atoms with E-state index in [4.69, 9.17) is 0 Å².